The first-order chi connectivity index (χ1) is 14.3. The zero-order valence-electron chi connectivity index (χ0n) is 16.0. The van der Waals surface area contributed by atoms with Crippen molar-refractivity contribution in [2.24, 2.45) is 0 Å². The van der Waals surface area contributed by atoms with Gasteiger partial charge in [-0.2, -0.15) is 4.98 Å². The summed E-state index contributed by atoms with van der Waals surface area (Å²) in [5.74, 6) is -1.46. The summed E-state index contributed by atoms with van der Waals surface area (Å²) in [6, 6.07) is 8.87. The van der Waals surface area contributed by atoms with E-state index in [2.05, 4.69) is 15.5 Å². The number of urea groups is 1. The summed E-state index contributed by atoms with van der Waals surface area (Å²) >= 11 is 0. The summed E-state index contributed by atoms with van der Waals surface area (Å²) in [4.78, 5) is 30.3. The molecule has 1 aliphatic rings. The third-order valence-corrected chi connectivity index (χ3v) is 4.83. The molecule has 1 fully saturated rings. The van der Waals surface area contributed by atoms with Gasteiger partial charge in [-0.05, 0) is 37.3 Å². The average Bonchev–Trinajstić information content (AvgIpc) is 3.29. The second-order valence-electron chi connectivity index (χ2n) is 6.81. The first kappa shape index (κ1) is 19.5. The van der Waals surface area contributed by atoms with Crippen molar-refractivity contribution < 1.29 is 27.6 Å². The van der Waals surface area contributed by atoms with Gasteiger partial charge in [0.2, 0.25) is 11.7 Å². The van der Waals surface area contributed by atoms with E-state index in [1.807, 2.05) is 0 Å². The summed E-state index contributed by atoms with van der Waals surface area (Å²) in [7, 11) is 1.52. The number of carbonyl (C=O) groups is 2. The Balaban J connectivity index is 1.59. The van der Waals surface area contributed by atoms with Gasteiger partial charge in [0.15, 0.2) is 0 Å². The Hall–Kier alpha value is -3.82. The van der Waals surface area contributed by atoms with Crippen LogP contribution in [0.5, 0.6) is 5.75 Å². The fourth-order valence-corrected chi connectivity index (χ4v) is 3.24. The number of halogens is 2. The molecule has 2 heterocycles. The molecule has 3 aromatic rings. The lowest BCUT2D eigenvalue weighted by molar-refractivity contribution is -0.131. The van der Waals surface area contributed by atoms with Crippen LogP contribution in [0, 0.1) is 11.6 Å². The van der Waals surface area contributed by atoms with Crippen molar-refractivity contribution in [1.29, 1.82) is 0 Å². The van der Waals surface area contributed by atoms with Crippen LogP contribution in [0.15, 0.2) is 47.0 Å². The predicted octanol–water partition coefficient (Wildman–Crippen LogP) is 2.99. The van der Waals surface area contributed by atoms with E-state index in [9.17, 15) is 18.4 Å². The van der Waals surface area contributed by atoms with E-state index in [0.717, 1.165) is 23.1 Å². The van der Waals surface area contributed by atoms with Gasteiger partial charge in [-0.1, -0.05) is 17.3 Å². The minimum Gasteiger partial charge on any atom is -0.497 e. The highest BCUT2D eigenvalue weighted by Crippen LogP contribution is 2.32. The molecule has 0 radical (unpaired) electrons. The van der Waals surface area contributed by atoms with Crippen LogP contribution in [0.4, 0.5) is 13.6 Å². The number of nitrogens with zero attached hydrogens (tertiary/aromatic N) is 3. The van der Waals surface area contributed by atoms with Gasteiger partial charge >= 0.3 is 6.03 Å². The Kier molecular flexibility index (Phi) is 4.69. The molecule has 30 heavy (non-hydrogen) atoms. The van der Waals surface area contributed by atoms with E-state index in [0.29, 0.717) is 11.3 Å². The number of methoxy groups -OCH3 is 1. The predicted molar refractivity (Wildman–Crippen MR) is 99.1 cm³/mol. The molecule has 1 aromatic heterocycles. The van der Waals surface area contributed by atoms with Crippen molar-refractivity contribution in [2.45, 2.75) is 19.0 Å². The van der Waals surface area contributed by atoms with Crippen molar-refractivity contribution in [3.63, 3.8) is 0 Å². The van der Waals surface area contributed by atoms with Crippen LogP contribution in [0.25, 0.3) is 11.4 Å². The molecule has 8 nitrogen and oxygen atoms in total. The number of hydrogen-bond acceptors (Lipinski definition) is 6. The highest BCUT2D eigenvalue weighted by molar-refractivity contribution is 6.07. The van der Waals surface area contributed by atoms with Crippen LogP contribution in [0.2, 0.25) is 0 Å². The van der Waals surface area contributed by atoms with Crippen molar-refractivity contribution in [3.8, 4) is 17.1 Å². The van der Waals surface area contributed by atoms with Gasteiger partial charge in [0.05, 0.1) is 7.11 Å². The second-order valence-corrected chi connectivity index (χ2v) is 6.81. The molecular weight excluding hydrogens is 398 g/mol. The quantitative estimate of drug-likeness (QED) is 0.645. The van der Waals surface area contributed by atoms with Gasteiger partial charge in [0, 0.05) is 11.1 Å². The van der Waals surface area contributed by atoms with E-state index in [4.69, 9.17) is 9.26 Å². The van der Waals surface area contributed by atoms with Gasteiger partial charge in [0.1, 0.15) is 29.5 Å². The monoisotopic (exact) mass is 414 g/mol. The Bertz CT molecular complexity index is 1150. The summed E-state index contributed by atoms with van der Waals surface area (Å²) in [5.41, 5.74) is -1.42. The molecule has 10 heteroatoms. The number of rotatable bonds is 5. The molecule has 1 N–H and O–H groups in total. The Morgan fingerprint density at radius 2 is 2.00 bits per heavy atom. The maximum atomic E-state index is 14.2. The maximum Gasteiger partial charge on any atom is 0.325 e. The van der Waals surface area contributed by atoms with E-state index < -0.39 is 29.1 Å². The highest BCUT2D eigenvalue weighted by Gasteiger charge is 2.50. The van der Waals surface area contributed by atoms with Crippen LogP contribution in [-0.2, 0) is 16.9 Å². The van der Waals surface area contributed by atoms with Crippen LogP contribution in [-0.4, -0.2) is 34.1 Å². The average molecular weight is 414 g/mol. The molecule has 0 spiro atoms. The Morgan fingerprint density at radius 3 is 2.77 bits per heavy atom. The summed E-state index contributed by atoms with van der Waals surface area (Å²) in [6.45, 7) is 0.981. The molecule has 1 saturated heterocycles. The van der Waals surface area contributed by atoms with Crippen LogP contribution < -0.4 is 10.1 Å². The summed E-state index contributed by atoms with van der Waals surface area (Å²) in [6.07, 6.45) is 0. The van der Waals surface area contributed by atoms with Gasteiger partial charge in [-0.3, -0.25) is 9.69 Å². The summed E-state index contributed by atoms with van der Waals surface area (Å²) < 4.78 is 38.2. The minimum atomic E-state index is -1.76. The SMILES string of the molecule is COc1cccc(-c2noc(CN3C(=O)N[C@](C)(c4cc(F)ccc4F)C3=O)n2)c1. The topological polar surface area (TPSA) is 97.6 Å². The number of amides is 3. The molecule has 1 aliphatic heterocycles. The third-order valence-electron chi connectivity index (χ3n) is 4.83. The second kappa shape index (κ2) is 7.21. The van der Waals surface area contributed by atoms with Crippen LogP contribution in [0.3, 0.4) is 0 Å². The normalized spacial score (nSPS) is 18.6. The van der Waals surface area contributed by atoms with E-state index in [1.54, 1.807) is 24.3 Å². The molecule has 1 atom stereocenters. The van der Waals surface area contributed by atoms with E-state index in [-0.39, 0.29) is 23.8 Å². The minimum absolute atomic E-state index is 0.000263. The van der Waals surface area contributed by atoms with Crippen molar-refractivity contribution >= 4 is 11.9 Å². The smallest absolute Gasteiger partial charge is 0.325 e. The van der Waals surface area contributed by atoms with Crippen molar-refractivity contribution in [1.82, 2.24) is 20.4 Å². The molecule has 154 valence electrons. The number of nitrogens with one attached hydrogen (secondary N) is 1. The first-order valence-corrected chi connectivity index (χ1v) is 8.88. The zero-order valence-corrected chi connectivity index (χ0v) is 16.0. The number of hydrogen-bond donors (Lipinski definition) is 1. The Morgan fingerprint density at radius 1 is 1.20 bits per heavy atom. The molecule has 2 aromatic carbocycles. The number of aromatic nitrogens is 2. The fraction of sp³-hybridized carbons (Fsp3) is 0.200. The number of benzene rings is 2. The summed E-state index contributed by atoms with van der Waals surface area (Å²) in [5, 5.41) is 6.27. The van der Waals surface area contributed by atoms with E-state index in [1.165, 1.54) is 14.0 Å². The molecule has 0 saturated carbocycles. The van der Waals surface area contributed by atoms with Crippen molar-refractivity contribution in [3.05, 3.63) is 65.6 Å². The highest BCUT2D eigenvalue weighted by atomic mass is 19.1. The lowest BCUT2D eigenvalue weighted by Crippen LogP contribution is -2.41. The largest absolute Gasteiger partial charge is 0.497 e. The van der Waals surface area contributed by atoms with E-state index >= 15 is 0 Å². The first-order valence-electron chi connectivity index (χ1n) is 8.88. The van der Waals surface area contributed by atoms with Gasteiger partial charge in [-0.15, -0.1) is 0 Å². The number of imide groups is 1. The fourth-order valence-electron chi connectivity index (χ4n) is 3.24. The number of ether oxygens (including phenoxy) is 1. The lowest BCUT2D eigenvalue weighted by atomic mass is 9.91. The molecule has 0 bridgehead atoms. The molecule has 4 rings (SSSR count). The third kappa shape index (κ3) is 3.25. The Labute approximate surface area is 169 Å². The van der Waals surface area contributed by atoms with Gasteiger partial charge in [-0.25, -0.2) is 13.6 Å². The lowest BCUT2D eigenvalue weighted by Gasteiger charge is -2.22. The standard InChI is InChI=1S/C20H16F2N4O4/c1-20(14-9-12(21)6-7-15(14)22)18(27)26(19(28)24-20)10-16-23-17(25-30-16)11-4-3-5-13(8-11)29-2/h3-9H,10H2,1-2H3,(H,24,28)/t20-/m1/s1. The molecule has 0 unspecified atom stereocenters. The van der Waals surface area contributed by atoms with Crippen molar-refractivity contribution in [2.75, 3.05) is 7.11 Å². The molecular formula is C20H16F2N4O4. The zero-order chi connectivity index (χ0) is 21.5. The molecule has 0 aliphatic carbocycles. The molecule has 3 amide bonds. The van der Waals surface area contributed by atoms with Gasteiger partial charge < -0.3 is 14.6 Å². The van der Waals surface area contributed by atoms with Crippen LogP contribution >= 0.6 is 0 Å². The number of carbonyl (C=O) groups excluding carboxylic acids is 2. The van der Waals surface area contributed by atoms with Crippen LogP contribution in [0.1, 0.15) is 18.4 Å². The van der Waals surface area contributed by atoms with Gasteiger partial charge in [0.25, 0.3) is 5.91 Å². The maximum absolute atomic E-state index is 14.2.